The number of hydrogen-bond donors (Lipinski definition) is 0. The lowest BCUT2D eigenvalue weighted by molar-refractivity contribution is 0.100. The van der Waals surface area contributed by atoms with Crippen molar-refractivity contribution in [1.29, 1.82) is 0 Å². The molecule has 2 heteroatoms. The quantitative estimate of drug-likeness (QED) is 0.737. The highest BCUT2D eigenvalue weighted by Gasteiger charge is 2.14. The first-order valence-electron chi connectivity index (χ1n) is 5.16. The van der Waals surface area contributed by atoms with E-state index in [1.54, 1.807) is 0 Å². The Kier molecular flexibility index (Phi) is 3.49. The van der Waals surface area contributed by atoms with Crippen LogP contribution in [0.2, 0.25) is 0 Å². The highest BCUT2D eigenvalue weighted by molar-refractivity contribution is 8.00. The Labute approximate surface area is 89.9 Å². The number of ether oxygens (including phenoxy) is 1. The van der Waals surface area contributed by atoms with Crippen molar-refractivity contribution in [2.45, 2.75) is 29.9 Å². The summed E-state index contributed by atoms with van der Waals surface area (Å²) in [4.78, 5) is 1.39. The summed E-state index contributed by atoms with van der Waals surface area (Å²) in [5.74, 6) is 0. The van der Waals surface area contributed by atoms with Gasteiger partial charge in [0.15, 0.2) is 0 Å². The molecule has 1 aromatic carbocycles. The van der Waals surface area contributed by atoms with Gasteiger partial charge in [0.1, 0.15) is 0 Å². The van der Waals surface area contributed by atoms with E-state index in [4.69, 9.17) is 4.74 Å². The highest BCUT2D eigenvalue weighted by Crippen LogP contribution is 2.29. The van der Waals surface area contributed by atoms with Crippen molar-refractivity contribution in [1.82, 2.24) is 0 Å². The summed E-state index contributed by atoms with van der Waals surface area (Å²) < 4.78 is 5.34. The molecule has 0 unspecified atom stereocenters. The molecule has 14 heavy (non-hydrogen) atoms. The molecule has 2 rings (SSSR count). The largest absolute Gasteiger partial charge is 0.381 e. The molecule has 1 fully saturated rings. The van der Waals surface area contributed by atoms with Gasteiger partial charge >= 0.3 is 0 Å². The number of aryl methyl sites for hydroxylation is 1. The topological polar surface area (TPSA) is 9.23 Å². The first kappa shape index (κ1) is 10.1. The number of rotatable bonds is 2. The van der Waals surface area contributed by atoms with Crippen molar-refractivity contribution in [3.8, 4) is 0 Å². The van der Waals surface area contributed by atoms with Gasteiger partial charge in [0.2, 0.25) is 0 Å². The predicted octanol–water partition coefficient (Wildman–Crippen LogP) is 3.27. The molecule has 1 nitrogen and oxygen atoms in total. The van der Waals surface area contributed by atoms with Crippen molar-refractivity contribution in [2.24, 2.45) is 0 Å². The number of benzene rings is 1. The number of hydrogen-bond acceptors (Lipinski definition) is 2. The molecule has 1 heterocycles. The fourth-order valence-corrected chi connectivity index (χ4v) is 2.71. The molecule has 1 aromatic rings. The Bertz CT molecular complexity index is 275. The minimum atomic E-state index is 0.756. The van der Waals surface area contributed by atoms with Crippen LogP contribution in [0, 0.1) is 6.92 Å². The molecule has 1 aliphatic heterocycles. The third-order valence-corrected chi connectivity index (χ3v) is 3.84. The van der Waals surface area contributed by atoms with Crippen LogP contribution in [0.25, 0.3) is 0 Å². The summed E-state index contributed by atoms with van der Waals surface area (Å²) in [6.07, 6.45) is 2.39. The monoisotopic (exact) mass is 208 g/mol. The summed E-state index contributed by atoms with van der Waals surface area (Å²) in [5.41, 5.74) is 1.33. The van der Waals surface area contributed by atoms with Crippen LogP contribution in [0.15, 0.2) is 29.2 Å². The second-order valence-corrected chi connectivity index (χ2v) is 5.12. The average Bonchev–Trinajstić information content (AvgIpc) is 2.23. The molecule has 0 atom stereocenters. The molecule has 0 aromatic heterocycles. The summed E-state index contributed by atoms with van der Waals surface area (Å²) in [6.45, 7) is 4.00. The van der Waals surface area contributed by atoms with Crippen LogP contribution in [-0.2, 0) is 4.74 Å². The van der Waals surface area contributed by atoms with Crippen molar-refractivity contribution >= 4 is 11.8 Å². The Morgan fingerprint density at radius 1 is 1.14 bits per heavy atom. The van der Waals surface area contributed by atoms with Gasteiger partial charge in [-0.05, 0) is 31.9 Å². The molecular formula is C12H16OS. The van der Waals surface area contributed by atoms with E-state index in [2.05, 4.69) is 31.2 Å². The Balaban J connectivity index is 1.92. The highest BCUT2D eigenvalue weighted by atomic mass is 32.2. The maximum Gasteiger partial charge on any atom is 0.0476 e. The lowest BCUT2D eigenvalue weighted by Crippen LogP contribution is -2.17. The average molecular weight is 208 g/mol. The lowest BCUT2D eigenvalue weighted by Gasteiger charge is -2.21. The van der Waals surface area contributed by atoms with E-state index in [9.17, 15) is 0 Å². The summed E-state index contributed by atoms with van der Waals surface area (Å²) in [5, 5.41) is 0.756. The predicted molar refractivity (Wildman–Crippen MR) is 60.9 cm³/mol. The fraction of sp³-hybridized carbons (Fsp3) is 0.500. The Morgan fingerprint density at radius 3 is 2.43 bits per heavy atom. The van der Waals surface area contributed by atoms with Gasteiger partial charge in [0.25, 0.3) is 0 Å². The molecule has 0 aliphatic carbocycles. The zero-order valence-corrected chi connectivity index (χ0v) is 9.35. The maximum absolute atomic E-state index is 5.34. The van der Waals surface area contributed by atoms with Crippen LogP contribution in [0.5, 0.6) is 0 Å². The van der Waals surface area contributed by atoms with Gasteiger partial charge in [-0.15, -0.1) is 11.8 Å². The van der Waals surface area contributed by atoms with Crippen LogP contribution < -0.4 is 0 Å². The Hall–Kier alpha value is -0.470. The van der Waals surface area contributed by atoms with E-state index in [1.807, 2.05) is 11.8 Å². The van der Waals surface area contributed by atoms with Crippen molar-refractivity contribution in [3.05, 3.63) is 29.8 Å². The number of thioether (sulfide) groups is 1. The summed E-state index contributed by atoms with van der Waals surface area (Å²) >= 11 is 1.99. The van der Waals surface area contributed by atoms with Crippen LogP contribution in [0.4, 0.5) is 0 Å². The van der Waals surface area contributed by atoms with E-state index >= 15 is 0 Å². The minimum absolute atomic E-state index is 0.756. The van der Waals surface area contributed by atoms with E-state index in [-0.39, 0.29) is 0 Å². The molecule has 0 spiro atoms. The molecule has 0 radical (unpaired) electrons. The standard InChI is InChI=1S/C12H16OS/c1-10-2-4-11(5-3-10)14-12-6-8-13-9-7-12/h2-5,12H,6-9H2,1H3. The molecular weight excluding hydrogens is 192 g/mol. The molecule has 0 saturated carbocycles. The SMILES string of the molecule is Cc1ccc(SC2CCOCC2)cc1. The molecule has 76 valence electrons. The zero-order valence-electron chi connectivity index (χ0n) is 8.53. The van der Waals surface area contributed by atoms with Crippen LogP contribution in [-0.4, -0.2) is 18.5 Å². The zero-order chi connectivity index (χ0) is 9.80. The fourth-order valence-electron chi connectivity index (χ4n) is 1.60. The van der Waals surface area contributed by atoms with Gasteiger partial charge in [0, 0.05) is 23.4 Å². The van der Waals surface area contributed by atoms with Crippen LogP contribution in [0.3, 0.4) is 0 Å². The Morgan fingerprint density at radius 2 is 1.79 bits per heavy atom. The first-order chi connectivity index (χ1) is 6.84. The molecule has 1 aliphatic rings. The van der Waals surface area contributed by atoms with E-state index in [1.165, 1.54) is 23.3 Å². The van der Waals surface area contributed by atoms with Crippen LogP contribution >= 0.6 is 11.8 Å². The van der Waals surface area contributed by atoms with Crippen LogP contribution in [0.1, 0.15) is 18.4 Å². The second-order valence-electron chi connectivity index (χ2n) is 3.74. The third-order valence-electron chi connectivity index (χ3n) is 2.49. The van der Waals surface area contributed by atoms with Crippen molar-refractivity contribution < 1.29 is 4.74 Å². The lowest BCUT2D eigenvalue weighted by atomic mass is 10.2. The minimum Gasteiger partial charge on any atom is -0.381 e. The molecule has 0 amide bonds. The van der Waals surface area contributed by atoms with Gasteiger partial charge in [-0.1, -0.05) is 17.7 Å². The van der Waals surface area contributed by atoms with Gasteiger partial charge in [-0.3, -0.25) is 0 Å². The smallest absolute Gasteiger partial charge is 0.0476 e. The summed E-state index contributed by atoms with van der Waals surface area (Å²) in [7, 11) is 0. The van der Waals surface area contributed by atoms with Crippen molar-refractivity contribution in [2.75, 3.05) is 13.2 Å². The molecule has 0 bridgehead atoms. The first-order valence-corrected chi connectivity index (χ1v) is 6.03. The maximum atomic E-state index is 5.34. The van der Waals surface area contributed by atoms with E-state index in [0.29, 0.717) is 0 Å². The van der Waals surface area contributed by atoms with Gasteiger partial charge < -0.3 is 4.74 Å². The molecule has 1 saturated heterocycles. The molecule has 0 N–H and O–H groups in total. The third kappa shape index (κ3) is 2.76. The van der Waals surface area contributed by atoms with Gasteiger partial charge in [-0.2, -0.15) is 0 Å². The van der Waals surface area contributed by atoms with Gasteiger partial charge in [0.05, 0.1) is 0 Å². The van der Waals surface area contributed by atoms with E-state index in [0.717, 1.165) is 18.5 Å². The second kappa shape index (κ2) is 4.85. The normalized spacial score (nSPS) is 18.4. The van der Waals surface area contributed by atoms with Gasteiger partial charge in [-0.25, -0.2) is 0 Å². The summed E-state index contributed by atoms with van der Waals surface area (Å²) in [6, 6.07) is 8.80. The van der Waals surface area contributed by atoms with Crippen molar-refractivity contribution in [3.63, 3.8) is 0 Å². The van der Waals surface area contributed by atoms with E-state index < -0.39 is 0 Å².